The van der Waals surface area contributed by atoms with E-state index in [4.69, 9.17) is 5.11 Å². The third-order valence-corrected chi connectivity index (χ3v) is 4.21. The largest absolute Gasteiger partial charge is 0.396 e. The Kier molecular flexibility index (Phi) is 4.87. The Bertz CT molecular complexity index is 377. The molecule has 0 spiro atoms. The van der Waals surface area contributed by atoms with Gasteiger partial charge in [0.05, 0.1) is 0 Å². The van der Waals surface area contributed by atoms with Crippen LogP contribution in [-0.4, -0.2) is 17.3 Å². The van der Waals surface area contributed by atoms with E-state index in [1.807, 2.05) is 0 Å². The Morgan fingerprint density at radius 3 is 2.32 bits per heavy atom. The molecular weight excluding hydrogens is 234 g/mol. The number of hydrogen-bond acceptors (Lipinski definition) is 2. The van der Waals surface area contributed by atoms with Crippen molar-refractivity contribution in [3.63, 3.8) is 0 Å². The molecule has 0 atom stereocenters. The fourth-order valence-electron chi connectivity index (χ4n) is 3.01. The van der Waals surface area contributed by atoms with E-state index in [0.29, 0.717) is 0 Å². The highest BCUT2D eigenvalue weighted by atomic mass is 16.3. The quantitative estimate of drug-likeness (QED) is 0.828. The number of rotatable bonds is 5. The van der Waals surface area contributed by atoms with Crippen molar-refractivity contribution in [1.29, 1.82) is 0 Å². The van der Waals surface area contributed by atoms with Crippen molar-refractivity contribution >= 4 is 5.69 Å². The van der Waals surface area contributed by atoms with E-state index in [1.54, 1.807) is 0 Å². The van der Waals surface area contributed by atoms with Gasteiger partial charge in [-0.1, -0.05) is 31.4 Å². The summed E-state index contributed by atoms with van der Waals surface area (Å²) >= 11 is 0. The fourth-order valence-corrected chi connectivity index (χ4v) is 3.01. The molecule has 1 aromatic rings. The summed E-state index contributed by atoms with van der Waals surface area (Å²) in [5.41, 5.74) is 2.59. The Morgan fingerprint density at radius 1 is 1.11 bits per heavy atom. The number of benzene rings is 1. The second-order valence-corrected chi connectivity index (χ2v) is 6.44. The fraction of sp³-hybridized carbons (Fsp3) is 0.647. The van der Waals surface area contributed by atoms with Crippen LogP contribution in [0.1, 0.15) is 63.9 Å². The van der Waals surface area contributed by atoms with Crippen LogP contribution in [0.4, 0.5) is 5.69 Å². The lowest BCUT2D eigenvalue weighted by Gasteiger charge is -2.27. The Morgan fingerprint density at radius 2 is 1.74 bits per heavy atom. The van der Waals surface area contributed by atoms with Crippen LogP contribution >= 0.6 is 0 Å². The van der Waals surface area contributed by atoms with Gasteiger partial charge >= 0.3 is 0 Å². The summed E-state index contributed by atoms with van der Waals surface area (Å²) in [5.74, 6) is 0.772. The predicted molar refractivity (Wildman–Crippen MR) is 81.7 cm³/mol. The standard InChI is InChI=1S/C17H27NO/c1-17(2,12-13-19)18-16-10-8-15(9-11-16)14-6-4-3-5-7-14/h8-11,14,18-19H,3-7,12-13H2,1-2H3. The van der Waals surface area contributed by atoms with Gasteiger partial charge in [0.2, 0.25) is 0 Å². The van der Waals surface area contributed by atoms with Crippen molar-refractivity contribution in [3.05, 3.63) is 29.8 Å². The van der Waals surface area contributed by atoms with E-state index in [9.17, 15) is 0 Å². The van der Waals surface area contributed by atoms with Gasteiger partial charge in [0, 0.05) is 17.8 Å². The molecule has 0 unspecified atom stereocenters. The zero-order valence-electron chi connectivity index (χ0n) is 12.3. The van der Waals surface area contributed by atoms with Crippen LogP contribution in [0.5, 0.6) is 0 Å². The minimum absolute atomic E-state index is 0.0545. The van der Waals surface area contributed by atoms with Crippen LogP contribution in [-0.2, 0) is 0 Å². The highest BCUT2D eigenvalue weighted by molar-refractivity contribution is 5.47. The van der Waals surface area contributed by atoms with Crippen LogP contribution in [0.15, 0.2) is 24.3 Å². The number of aliphatic hydroxyl groups excluding tert-OH is 1. The normalized spacial score (nSPS) is 17.4. The first-order valence-electron chi connectivity index (χ1n) is 7.60. The first-order chi connectivity index (χ1) is 9.11. The summed E-state index contributed by atoms with van der Waals surface area (Å²) in [6.07, 6.45) is 7.64. The van der Waals surface area contributed by atoms with Gasteiger partial charge in [0.25, 0.3) is 0 Å². The van der Waals surface area contributed by atoms with Crippen LogP contribution in [0.25, 0.3) is 0 Å². The third-order valence-electron chi connectivity index (χ3n) is 4.21. The van der Waals surface area contributed by atoms with E-state index in [1.165, 1.54) is 37.7 Å². The Balaban J connectivity index is 1.97. The molecule has 1 saturated carbocycles. The van der Waals surface area contributed by atoms with Crippen molar-refractivity contribution < 1.29 is 5.11 Å². The lowest BCUT2D eigenvalue weighted by molar-refractivity contribution is 0.261. The number of anilines is 1. The molecule has 0 aromatic heterocycles. The van der Waals surface area contributed by atoms with E-state index >= 15 is 0 Å². The third kappa shape index (κ3) is 4.24. The highest BCUT2D eigenvalue weighted by Gasteiger charge is 2.18. The minimum atomic E-state index is -0.0545. The minimum Gasteiger partial charge on any atom is -0.396 e. The van der Waals surface area contributed by atoms with Gasteiger partial charge in [-0.25, -0.2) is 0 Å². The molecule has 2 rings (SSSR count). The van der Waals surface area contributed by atoms with Crippen molar-refractivity contribution in [1.82, 2.24) is 0 Å². The average Bonchev–Trinajstić information content (AvgIpc) is 2.40. The Hall–Kier alpha value is -1.02. The topological polar surface area (TPSA) is 32.3 Å². The second kappa shape index (κ2) is 6.42. The maximum atomic E-state index is 9.05. The van der Waals surface area contributed by atoms with Crippen molar-refractivity contribution in [2.45, 2.75) is 63.8 Å². The van der Waals surface area contributed by atoms with Crippen LogP contribution < -0.4 is 5.32 Å². The van der Waals surface area contributed by atoms with Crippen molar-refractivity contribution in [2.24, 2.45) is 0 Å². The van der Waals surface area contributed by atoms with Crippen molar-refractivity contribution in [2.75, 3.05) is 11.9 Å². The summed E-state index contributed by atoms with van der Waals surface area (Å²) in [5, 5.41) is 12.5. The number of nitrogens with one attached hydrogen (secondary N) is 1. The lowest BCUT2D eigenvalue weighted by Crippen LogP contribution is -2.31. The van der Waals surface area contributed by atoms with Gasteiger partial charge < -0.3 is 10.4 Å². The molecule has 0 saturated heterocycles. The monoisotopic (exact) mass is 261 g/mol. The van der Waals surface area contributed by atoms with E-state index in [0.717, 1.165) is 18.0 Å². The summed E-state index contributed by atoms with van der Waals surface area (Å²) in [6.45, 7) is 4.47. The summed E-state index contributed by atoms with van der Waals surface area (Å²) in [6, 6.07) is 8.91. The zero-order chi connectivity index (χ0) is 13.7. The molecule has 19 heavy (non-hydrogen) atoms. The van der Waals surface area contributed by atoms with E-state index < -0.39 is 0 Å². The molecule has 2 N–H and O–H groups in total. The van der Waals surface area contributed by atoms with Gasteiger partial charge in [-0.3, -0.25) is 0 Å². The summed E-state index contributed by atoms with van der Waals surface area (Å²) in [7, 11) is 0. The zero-order valence-corrected chi connectivity index (χ0v) is 12.3. The van der Waals surface area contributed by atoms with Gasteiger partial charge in [-0.15, -0.1) is 0 Å². The molecule has 2 heteroatoms. The van der Waals surface area contributed by atoms with Gasteiger partial charge in [0.1, 0.15) is 0 Å². The number of aliphatic hydroxyl groups is 1. The molecule has 0 heterocycles. The van der Waals surface area contributed by atoms with Crippen LogP contribution in [0.2, 0.25) is 0 Å². The van der Waals surface area contributed by atoms with Crippen molar-refractivity contribution in [3.8, 4) is 0 Å². The lowest BCUT2D eigenvalue weighted by atomic mass is 9.84. The smallest absolute Gasteiger partial charge is 0.0453 e. The number of hydrogen-bond donors (Lipinski definition) is 2. The Labute approximate surface area is 117 Å². The van der Waals surface area contributed by atoms with Gasteiger partial charge in [0.15, 0.2) is 0 Å². The molecular formula is C17H27NO. The molecule has 0 amide bonds. The maximum Gasteiger partial charge on any atom is 0.0453 e. The molecule has 1 fully saturated rings. The average molecular weight is 261 g/mol. The highest BCUT2D eigenvalue weighted by Crippen LogP contribution is 2.33. The van der Waals surface area contributed by atoms with Gasteiger partial charge in [-0.2, -0.15) is 0 Å². The first-order valence-corrected chi connectivity index (χ1v) is 7.60. The molecule has 0 aliphatic heterocycles. The maximum absolute atomic E-state index is 9.05. The SMILES string of the molecule is CC(C)(CCO)Nc1ccc(C2CCCCC2)cc1. The molecule has 1 aromatic carbocycles. The van der Waals surface area contributed by atoms with E-state index in [-0.39, 0.29) is 12.1 Å². The van der Waals surface area contributed by atoms with Crippen LogP contribution in [0, 0.1) is 0 Å². The molecule has 2 nitrogen and oxygen atoms in total. The van der Waals surface area contributed by atoms with E-state index in [2.05, 4.69) is 43.4 Å². The second-order valence-electron chi connectivity index (χ2n) is 6.44. The molecule has 1 aliphatic rings. The first kappa shape index (κ1) is 14.4. The van der Waals surface area contributed by atoms with Gasteiger partial charge in [-0.05, 0) is 56.7 Å². The molecule has 106 valence electrons. The summed E-state index contributed by atoms with van der Waals surface area (Å²) in [4.78, 5) is 0. The molecule has 0 bridgehead atoms. The molecule has 0 radical (unpaired) electrons. The van der Waals surface area contributed by atoms with Crippen LogP contribution in [0.3, 0.4) is 0 Å². The predicted octanol–water partition coefficient (Wildman–Crippen LogP) is 4.31. The molecule has 1 aliphatic carbocycles. The summed E-state index contributed by atoms with van der Waals surface area (Å²) < 4.78 is 0.